The van der Waals surface area contributed by atoms with E-state index in [0.717, 1.165) is 43.2 Å². The van der Waals surface area contributed by atoms with E-state index in [1.807, 2.05) is 43.2 Å². The third-order valence-corrected chi connectivity index (χ3v) is 5.34. The first-order chi connectivity index (χ1) is 11.4. The Morgan fingerprint density at radius 1 is 1.38 bits per heavy atom. The quantitative estimate of drug-likeness (QED) is 0.926. The number of aromatic nitrogens is 3. The molecule has 2 aromatic heterocycles. The number of aromatic amines is 1. The van der Waals surface area contributed by atoms with Crippen LogP contribution in [0.5, 0.6) is 0 Å². The largest absolute Gasteiger partial charge is 0.348 e. The molecule has 6 nitrogen and oxygen atoms in total. The monoisotopic (exact) mass is 348 g/mol. The van der Waals surface area contributed by atoms with Crippen molar-refractivity contribution in [2.75, 3.05) is 13.1 Å². The molecule has 24 heavy (non-hydrogen) atoms. The Hall–Kier alpha value is -1.89. The highest BCUT2D eigenvalue weighted by molar-refractivity contribution is 7.12. The van der Waals surface area contributed by atoms with Gasteiger partial charge in [0, 0.05) is 24.9 Å². The lowest BCUT2D eigenvalue weighted by molar-refractivity contribution is -0.140. The Balaban J connectivity index is 1.66. The minimum atomic E-state index is -0.325. The van der Waals surface area contributed by atoms with Crippen LogP contribution in [-0.2, 0) is 11.2 Å². The van der Waals surface area contributed by atoms with Crippen LogP contribution in [0.25, 0.3) is 5.00 Å². The fourth-order valence-corrected chi connectivity index (χ4v) is 3.91. The highest BCUT2D eigenvalue weighted by Crippen LogP contribution is 2.26. The molecule has 0 aliphatic carbocycles. The summed E-state index contributed by atoms with van der Waals surface area (Å²) in [6, 6.07) is 3.86. The molecule has 1 aliphatic rings. The first kappa shape index (κ1) is 17.0. The summed E-state index contributed by atoms with van der Waals surface area (Å²) in [5, 5.41) is 9.62. The molecule has 0 atom stereocenters. The molecule has 0 unspecified atom stereocenters. The summed E-state index contributed by atoms with van der Waals surface area (Å²) in [6.45, 7) is 7.46. The molecule has 130 valence electrons. The highest BCUT2D eigenvalue weighted by Gasteiger charge is 2.30. The van der Waals surface area contributed by atoms with Crippen molar-refractivity contribution >= 4 is 17.2 Å². The number of carbonyl (C=O) groups is 1. The van der Waals surface area contributed by atoms with Gasteiger partial charge in [0.2, 0.25) is 5.91 Å². The second-order valence-electron chi connectivity index (χ2n) is 7.42. The lowest BCUT2D eigenvalue weighted by Gasteiger charge is -2.35. The molecule has 3 heterocycles. The molecule has 0 saturated carbocycles. The molecule has 1 amide bonds. The van der Waals surface area contributed by atoms with E-state index in [2.05, 4.69) is 10.2 Å². The van der Waals surface area contributed by atoms with E-state index in [1.54, 1.807) is 4.57 Å². The molecule has 0 bridgehead atoms. The fraction of sp³-hybridized carbons (Fsp3) is 0.588. The first-order valence-electron chi connectivity index (χ1n) is 8.36. The number of rotatable bonds is 3. The van der Waals surface area contributed by atoms with Crippen LogP contribution >= 0.6 is 11.3 Å². The summed E-state index contributed by atoms with van der Waals surface area (Å²) in [5.74, 6) is 1.45. The van der Waals surface area contributed by atoms with Crippen molar-refractivity contribution in [1.29, 1.82) is 0 Å². The molecular formula is C17H24N4O2S. The van der Waals surface area contributed by atoms with Gasteiger partial charge in [-0.05, 0) is 36.3 Å². The van der Waals surface area contributed by atoms with Gasteiger partial charge in [-0.15, -0.1) is 11.3 Å². The van der Waals surface area contributed by atoms with Gasteiger partial charge in [0.25, 0.3) is 0 Å². The van der Waals surface area contributed by atoms with Gasteiger partial charge >= 0.3 is 5.69 Å². The highest BCUT2D eigenvalue weighted by atomic mass is 32.1. The standard InChI is InChI=1S/C17H24N4O2S/c1-17(2,3)15(22)20-8-6-12(7-9-20)11-13-18-19-16(23)21(13)14-5-4-10-24-14/h4-5,10,12H,6-9,11H2,1-3H3,(H,19,23). The van der Waals surface area contributed by atoms with E-state index in [9.17, 15) is 9.59 Å². The minimum Gasteiger partial charge on any atom is -0.342 e. The molecule has 2 aromatic rings. The number of amides is 1. The number of hydrogen-bond donors (Lipinski definition) is 1. The summed E-state index contributed by atoms with van der Waals surface area (Å²) in [5.41, 5.74) is -0.512. The Morgan fingerprint density at radius 2 is 2.08 bits per heavy atom. The van der Waals surface area contributed by atoms with Crippen LogP contribution < -0.4 is 5.69 Å². The molecule has 1 aliphatic heterocycles. The lowest BCUT2D eigenvalue weighted by Crippen LogP contribution is -2.44. The van der Waals surface area contributed by atoms with Crippen LogP contribution in [-0.4, -0.2) is 38.7 Å². The third-order valence-electron chi connectivity index (χ3n) is 4.48. The van der Waals surface area contributed by atoms with Gasteiger partial charge in [-0.1, -0.05) is 20.8 Å². The average molecular weight is 348 g/mol. The molecule has 1 N–H and O–H groups in total. The predicted octanol–water partition coefficient (Wildman–Crippen LogP) is 2.45. The molecule has 0 spiro atoms. The van der Waals surface area contributed by atoms with Gasteiger partial charge in [-0.3, -0.25) is 4.79 Å². The van der Waals surface area contributed by atoms with Crippen LogP contribution in [0.15, 0.2) is 22.3 Å². The average Bonchev–Trinajstić information content (AvgIpc) is 3.16. The topological polar surface area (TPSA) is 71.0 Å². The van der Waals surface area contributed by atoms with Crippen molar-refractivity contribution < 1.29 is 4.79 Å². The summed E-state index contributed by atoms with van der Waals surface area (Å²) in [4.78, 5) is 26.4. The van der Waals surface area contributed by atoms with Gasteiger partial charge in [0.15, 0.2) is 0 Å². The van der Waals surface area contributed by atoms with Crippen LogP contribution in [0.4, 0.5) is 0 Å². The summed E-state index contributed by atoms with van der Waals surface area (Å²) >= 11 is 1.53. The van der Waals surface area contributed by atoms with Crippen molar-refractivity contribution in [2.45, 2.75) is 40.0 Å². The second-order valence-corrected chi connectivity index (χ2v) is 8.35. The molecule has 3 rings (SSSR count). The Bertz CT molecular complexity index is 746. The number of nitrogens with zero attached hydrogens (tertiary/aromatic N) is 3. The van der Waals surface area contributed by atoms with E-state index in [4.69, 9.17) is 0 Å². The van der Waals surface area contributed by atoms with Gasteiger partial charge in [-0.25, -0.2) is 14.5 Å². The zero-order valence-corrected chi connectivity index (χ0v) is 15.2. The number of H-pyrrole nitrogens is 1. The van der Waals surface area contributed by atoms with Crippen molar-refractivity contribution in [3.63, 3.8) is 0 Å². The zero-order valence-electron chi connectivity index (χ0n) is 14.4. The van der Waals surface area contributed by atoms with E-state index >= 15 is 0 Å². The molecule has 0 aromatic carbocycles. The number of nitrogens with one attached hydrogen (secondary N) is 1. The molecule has 1 saturated heterocycles. The van der Waals surface area contributed by atoms with Crippen LogP contribution in [0.2, 0.25) is 0 Å². The van der Waals surface area contributed by atoms with Crippen molar-refractivity contribution in [1.82, 2.24) is 19.7 Å². The maximum atomic E-state index is 12.4. The van der Waals surface area contributed by atoms with E-state index in [1.165, 1.54) is 11.3 Å². The third kappa shape index (κ3) is 3.45. The van der Waals surface area contributed by atoms with E-state index in [0.29, 0.717) is 5.92 Å². The molecular weight excluding hydrogens is 324 g/mol. The summed E-state index contributed by atoms with van der Waals surface area (Å²) in [6.07, 6.45) is 2.66. The van der Waals surface area contributed by atoms with Crippen LogP contribution in [0.1, 0.15) is 39.4 Å². The van der Waals surface area contributed by atoms with Gasteiger partial charge < -0.3 is 4.90 Å². The van der Waals surface area contributed by atoms with Gasteiger partial charge in [0.05, 0.1) is 0 Å². The Kier molecular flexibility index (Phi) is 4.62. The second kappa shape index (κ2) is 6.55. The number of likely N-dealkylation sites (tertiary alicyclic amines) is 1. The maximum absolute atomic E-state index is 12.4. The minimum absolute atomic E-state index is 0.187. The molecule has 0 radical (unpaired) electrons. The first-order valence-corrected chi connectivity index (χ1v) is 9.24. The van der Waals surface area contributed by atoms with Gasteiger partial charge in [-0.2, -0.15) is 5.10 Å². The predicted molar refractivity (Wildman–Crippen MR) is 94.5 cm³/mol. The zero-order chi connectivity index (χ0) is 17.3. The van der Waals surface area contributed by atoms with Crippen molar-refractivity contribution in [2.24, 2.45) is 11.3 Å². The van der Waals surface area contributed by atoms with Crippen LogP contribution in [0, 0.1) is 11.3 Å². The van der Waals surface area contributed by atoms with Crippen LogP contribution in [0.3, 0.4) is 0 Å². The van der Waals surface area contributed by atoms with Crippen molar-refractivity contribution in [3.8, 4) is 5.00 Å². The number of hydrogen-bond acceptors (Lipinski definition) is 4. The fourth-order valence-electron chi connectivity index (χ4n) is 3.16. The number of thiophene rings is 1. The van der Waals surface area contributed by atoms with E-state index < -0.39 is 0 Å². The molecule has 7 heteroatoms. The lowest BCUT2D eigenvalue weighted by atomic mass is 9.89. The normalized spacial score (nSPS) is 16.5. The summed E-state index contributed by atoms with van der Waals surface area (Å²) in [7, 11) is 0. The smallest absolute Gasteiger partial charge is 0.342 e. The Morgan fingerprint density at radius 3 is 2.67 bits per heavy atom. The number of piperidine rings is 1. The van der Waals surface area contributed by atoms with Gasteiger partial charge in [0.1, 0.15) is 10.8 Å². The number of carbonyl (C=O) groups excluding carboxylic acids is 1. The SMILES string of the molecule is CC(C)(C)C(=O)N1CCC(Cc2n[nH]c(=O)n2-c2cccs2)CC1. The Labute approximate surface area is 145 Å². The summed E-state index contributed by atoms with van der Waals surface area (Å²) < 4.78 is 1.66. The van der Waals surface area contributed by atoms with E-state index in [-0.39, 0.29) is 17.0 Å². The van der Waals surface area contributed by atoms with Crippen molar-refractivity contribution in [3.05, 3.63) is 33.8 Å². The maximum Gasteiger partial charge on any atom is 0.348 e. The molecule has 1 fully saturated rings.